The highest BCUT2D eigenvalue weighted by atomic mass is 32.2. The van der Waals surface area contributed by atoms with E-state index in [1.165, 1.54) is 35.5 Å². The molecule has 1 heterocycles. The van der Waals surface area contributed by atoms with E-state index >= 15 is 0 Å². The van der Waals surface area contributed by atoms with Crippen molar-refractivity contribution in [1.82, 2.24) is 4.31 Å². The summed E-state index contributed by atoms with van der Waals surface area (Å²) in [4.78, 5) is 12.4. The third-order valence-corrected chi connectivity index (χ3v) is 6.30. The molecule has 2 aromatic rings. The van der Waals surface area contributed by atoms with E-state index in [0.717, 1.165) is 25.0 Å². The van der Waals surface area contributed by atoms with Crippen LogP contribution in [0.2, 0.25) is 0 Å². The van der Waals surface area contributed by atoms with Crippen LogP contribution in [0.5, 0.6) is 5.75 Å². The minimum atomic E-state index is -3.53. The van der Waals surface area contributed by atoms with E-state index in [0.29, 0.717) is 24.8 Å². The maximum absolute atomic E-state index is 13.6. The highest BCUT2D eigenvalue weighted by molar-refractivity contribution is 7.89. The van der Waals surface area contributed by atoms with Crippen molar-refractivity contribution in [3.63, 3.8) is 0 Å². The molecular formula is C19H20F2N2O4S. The zero-order chi connectivity index (χ0) is 20.3. The van der Waals surface area contributed by atoms with E-state index in [-0.39, 0.29) is 10.6 Å². The van der Waals surface area contributed by atoms with Gasteiger partial charge in [0.1, 0.15) is 5.82 Å². The predicted molar refractivity (Wildman–Crippen MR) is 99.5 cm³/mol. The van der Waals surface area contributed by atoms with Gasteiger partial charge in [0.25, 0.3) is 5.91 Å². The zero-order valence-electron chi connectivity index (χ0n) is 15.2. The second kappa shape index (κ2) is 8.24. The van der Waals surface area contributed by atoms with Gasteiger partial charge < -0.3 is 10.1 Å². The Balaban J connectivity index is 1.63. The molecule has 0 radical (unpaired) electrons. The molecule has 2 aromatic carbocycles. The number of anilines is 1. The standard InChI is InChI=1S/C19H20F2N2O4S/c1-13(27-18-9-4-14(20)12-17(18)21)19(24)22-15-5-7-16(8-6-15)28(25,26)23-10-2-3-11-23/h4-9,12-13H,2-3,10-11H2,1H3,(H,22,24). The number of benzene rings is 2. The number of ether oxygens (including phenoxy) is 1. The molecule has 0 aromatic heterocycles. The molecule has 0 saturated carbocycles. The highest BCUT2D eigenvalue weighted by Crippen LogP contribution is 2.23. The number of hydrogen-bond acceptors (Lipinski definition) is 4. The summed E-state index contributed by atoms with van der Waals surface area (Å²) in [6.45, 7) is 2.44. The summed E-state index contributed by atoms with van der Waals surface area (Å²) in [5, 5.41) is 2.57. The molecule has 1 aliphatic rings. The average Bonchev–Trinajstić information content (AvgIpc) is 3.20. The van der Waals surface area contributed by atoms with Gasteiger partial charge >= 0.3 is 0 Å². The number of hydrogen-bond donors (Lipinski definition) is 1. The Hall–Kier alpha value is -2.52. The van der Waals surface area contributed by atoms with Crippen LogP contribution in [0.1, 0.15) is 19.8 Å². The van der Waals surface area contributed by atoms with Crippen molar-refractivity contribution in [3.05, 3.63) is 54.1 Å². The lowest BCUT2D eigenvalue weighted by molar-refractivity contribution is -0.122. The lowest BCUT2D eigenvalue weighted by Gasteiger charge is -2.17. The first-order chi connectivity index (χ1) is 13.3. The van der Waals surface area contributed by atoms with Gasteiger partial charge in [-0.1, -0.05) is 0 Å². The van der Waals surface area contributed by atoms with Crippen molar-refractivity contribution in [2.24, 2.45) is 0 Å². The van der Waals surface area contributed by atoms with E-state index in [2.05, 4.69) is 5.32 Å². The summed E-state index contributed by atoms with van der Waals surface area (Å²) in [6, 6.07) is 8.61. The molecule has 3 rings (SSSR count). The molecule has 1 fully saturated rings. The zero-order valence-corrected chi connectivity index (χ0v) is 16.0. The SMILES string of the molecule is CC(Oc1ccc(F)cc1F)C(=O)Nc1ccc(S(=O)(=O)N2CCCC2)cc1. The van der Waals surface area contributed by atoms with E-state index in [4.69, 9.17) is 4.74 Å². The topological polar surface area (TPSA) is 75.7 Å². The second-order valence-electron chi connectivity index (χ2n) is 6.46. The molecule has 1 N–H and O–H groups in total. The van der Waals surface area contributed by atoms with Gasteiger partial charge in [-0.15, -0.1) is 0 Å². The third kappa shape index (κ3) is 4.48. The van der Waals surface area contributed by atoms with Gasteiger partial charge in [0.2, 0.25) is 10.0 Å². The molecule has 1 atom stereocenters. The maximum Gasteiger partial charge on any atom is 0.265 e. The Labute approximate surface area is 162 Å². The van der Waals surface area contributed by atoms with E-state index < -0.39 is 33.7 Å². The van der Waals surface area contributed by atoms with Crippen LogP contribution in [0, 0.1) is 11.6 Å². The Morgan fingerprint density at radius 2 is 1.75 bits per heavy atom. The maximum atomic E-state index is 13.6. The first kappa shape index (κ1) is 20.2. The monoisotopic (exact) mass is 410 g/mol. The summed E-state index contributed by atoms with van der Waals surface area (Å²) >= 11 is 0. The van der Waals surface area contributed by atoms with E-state index in [1.54, 1.807) is 0 Å². The molecule has 28 heavy (non-hydrogen) atoms. The van der Waals surface area contributed by atoms with Crippen LogP contribution < -0.4 is 10.1 Å². The Bertz CT molecular complexity index is 958. The summed E-state index contributed by atoms with van der Waals surface area (Å²) < 4.78 is 58.2. The quantitative estimate of drug-likeness (QED) is 0.794. The molecular weight excluding hydrogens is 390 g/mol. The van der Waals surface area contributed by atoms with Crippen molar-refractivity contribution in [3.8, 4) is 5.75 Å². The molecule has 6 nitrogen and oxygen atoms in total. The number of nitrogens with zero attached hydrogens (tertiary/aromatic N) is 1. The molecule has 9 heteroatoms. The van der Waals surface area contributed by atoms with Gasteiger partial charge in [-0.2, -0.15) is 4.31 Å². The molecule has 1 aliphatic heterocycles. The number of carbonyl (C=O) groups excluding carboxylic acids is 1. The van der Waals surface area contributed by atoms with Crippen molar-refractivity contribution < 1.29 is 26.7 Å². The number of rotatable bonds is 6. The van der Waals surface area contributed by atoms with E-state index in [9.17, 15) is 22.0 Å². The molecule has 0 bridgehead atoms. The van der Waals surface area contributed by atoms with Crippen LogP contribution >= 0.6 is 0 Å². The van der Waals surface area contributed by atoms with Crippen molar-refractivity contribution in [1.29, 1.82) is 0 Å². The first-order valence-electron chi connectivity index (χ1n) is 8.80. The molecule has 150 valence electrons. The van der Waals surface area contributed by atoms with Gasteiger partial charge in [0.15, 0.2) is 17.7 Å². The minimum Gasteiger partial charge on any atom is -0.478 e. The minimum absolute atomic E-state index is 0.157. The average molecular weight is 410 g/mol. The smallest absolute Gasteiger partial charge is 0.265 e. The van der Waals surface area contributed by atoms with Gasteiger partial charge in [0, 0.05) is 24.8 Å². The lowest BCUT2D eigenvalue weighted by Crippen LogP contribution is -2.30. The van der Waals surface area contributed by atoms with Crippen LogP contribution in [-0.2, 0) is 14.8 Å². The summed E-state index contributed by atoms with van der Waals surface area (Å²) in [7, 11) is -3.53. The number of carbonyl (C=O) groups is 1. The Morgan fingerprint density at radius 3 is 2.36 bits per heavy atom. The number of sulfonamides is 1. The number of nitrogens with one attached hydrogen (secondary N) is 1. The van der Waals surface area contributed by atoms with Crippen LogP contribution in [0.15, 0.2) is 47.4 Å². The molecule has 0 aliphatic carbocycles. The van der Waals surface area contributed by atoms with Crippen LogP contribution in [-0.4, -0.2) is 37.8 Å². The van der Waals surface area contributed by atoms with Crippen LogP contribution in [0.3, 0.4) is 0 Å². The summed E-state index contributed by atoms with van der Waals surface area (Å²) in [5.74, 6) is -2.45. The van der Waals surface area contributed by atoms with Crippen molar-refractivity contribution in [2.75, 3.05) is 18.4 Å². The van der Waals surface area contributed by atoms with Crippen LogP contribution in [0.4, 0.5) is 14.5 Å². The number of amides is 1. The fourth-order valence-corrected chi connectivity index (χ4v) is 4.36. The largest absolute Gasteiger partial charge is 0.478 e. The van der Waals surface area contributed by atoms with Gasteiger partial charge in [-0.05, 0) is 56.2 Å². The number of halogens is 2. The fourth-order valence-electron chi connectivity index (χ4n) is 2.85. The Morgan fingerprint density at radius 1 is 1.11 bits per heavy atom. The van der Waals surface area contributed by atoms with Gasteiger partial charge in [-0.25, -0.2) is 17.2 Å². The highest BCUT2D eigenvalue weighted by Gasteiger charge is 2.27. The Kier molecular flexibility index (Phi) is 5.95. The third-order valence-electron chi connectivity index (χ3n) is 4.39. The van der Waals surface area contributed by atoms with Gasteiger partial charge in [0.05, 0.1) is 4.90 Å². The molecule has 1 unspecified atom stereocenters. The summed E-state index contributed by atoms with van der Waals surface area (Å²) in [5.41, 5.74) is 0.375. The second-order valence-corrected chi connectivity index (χ2v) is 8.40. The van der Waals surface area contributed by atoms with Gasteiger partial charge in [-0.3, -0.25) is 4.79 Å². The first-order valence-corrected chi connectivity index (χ1v) is 10.2. The fraction of sp³-hybridized carbons (Fsp3) is 0.316. The van der Waals surface area contributed by atoms with Crippen LogP contribution in [0.25, 0.3) is 0 Å². The van der Waals surface area contributed by atoms with E-state index in [1.807, 2.05) is 0 Å². The van der Waals surface area contributed by atoms with Crippen molar-refractivity contribution >= 4 is 21.6 Å². The van der Waals surface area contributed by atoms with Crippen molar-refractivity contribution in [2.45, 2.75) is 30.8 Å². The molecule has 0 spiro atoms. The molecule has 1 amide bonds. The lowest BCUT2D eigenvalue weighted by atomic mass is 10.3. The summed E-state index contributed by atoms with van der Waals surface area (Å²) in [6.07, 6.45) is 0.646. The normalized spacial score (nSPS) is 16.0. The predicted octanol–water partition coefficient (Wildman–Crippen LogP) is 3.16. The molecule has 1 saturated heterocycles.